The van der Waals surface area contributed by atoms with E-state index in [4.69, 9.17) is 4.74 Å². The third-order valence-electron chi connectivity index (χ3n) is 3.58. The van der Waals surface area contributed by atoms with E-state index in [1.165, 1.54) is 0 Å². The number of aromatic nitrogens is 2. The molecule has 7 heteroatoms. The molecule has 19 heavy (non-hydrogen) atoms. The zero-order chi connectivity index (χ0) is 13.0. The van der Waals surface area contributed by atoms with Crippen LogP contribution in [0, 0.1) is 0 Å². The molecule has 96 valence electrons. The first-order valence-electron chi connectivity index (χ1n) is 5.96. The number of fused-ring (bicyclic) bond motifs is 3. The van der Waals surface area contributed by atoms with Crippen LogP contribution in [0.25, 0.3) is 11.0 Å². The summed E-state index contributed by atoms with van der Waals surface area (Å²) in [4.78, 5) is 25.5. The molecule has 0 unspecified atom stereocenters. The van der Waals surface area contributed by atoms with E-state index in [2.05, 4.69) is 8.75 Å². The van der Waals surface area contributed by atoms with E-state index in [1.54, 1.807) is 23.1 Å². The second-order valence-corrected chi connectivity index (χ2v) is 5.26. The Balaban J connectivity index is 1.68. The van der Waals surface area contributed by atoms with Crippen LogP contribution < -0.4 is 0 Å². The number of rotatable bonds is 1. The molecule has 2 aliphatic rings. The summed E-state index contributed by atoms with van der Waals surface area (Å²) in [5.74, 6) is -0.431. The van der Waals surface area contributed by atoms with Gasteiger partial charge in [0.2, 0.25) is 0 Å². The minimum Gasteiger partial charge on any atom is -0.459 e. The lowest BCUT2D eigenvalue weighted by Gasteiger charge is -2.25. The predicted octanol–water partition coefficient (Wildman–Crippen LogP) is 0.831. The van der Waals surface area contributed by atoms with Crippen LogP contribution in [0.1, 0.15) is 16.8 Å². The van der Waals surface area contributed by atoms with Crippen molar-refractivity contribution < 1.29 is 14.3 Å². The van der Waals surface area contributed by atoms with Crippen LogP contribution in [0.5, 0.6) is 0 Å². The quantitative estimate of drug-likeness (QED) is 0.721. The number of benzene rings is 1. The fourth-order valence-corrected chi connectivity index (χ4v) is 3.17. The van der Waals surface area contributed by atoms with E-state index in [0.29, 0.717) is 24.0 Å². The molecule has 2 aromatic rings. The maximum atomic E-state index is 12.4. The highest BCUT2D eigenvalue weighted by molar-refractivity contribution is 7.00. The molecule has 3 heterocycles. The number of ether oxygens (including phenoxy) is 1. The van der Waals surface area contributed by atoms with Crippen molar-refractivity contribution in [3.63, 3.8) is 0 Å². The Morgan fingerprint density at radius 3 is 3.00 bits per heavy atom. The Morgan fingerprint density at radius 2 is 2.21 bits per heavy atom. The molecule has 1 aromatic carbocycles. The minimum absolute atomic E-state index is 0.133. The molecule has 2 aliphatic heterocycles. The van der Waals surface area contributed by atoms with Crippen molar-refractivity contribution in [1.82, 2.24) is 13.6 Å². The van der Waals surface area contributed by atoms with Gasteiger partial charge < -0.3 is 9.64 Å². The van der Waals surface area contributed by atoms with Crippen LogP contribution in [0.2, 0.25) is 0 Å². The third-order valence-corrected chi connectivity index (χ3v) is 4.14. The average Bonchev–Trinajstić information content (AvgIpc) is 3.10. The first kappa shape index (κ1) is 10.9. The molecular weight excluding hydrogens is 266 g/mol. The van der Waals surface area contributed by atoms with Gasteiger partial charge in [-0.1, -0.05) is 0 Å². The summed E-state index contributed by atoms with van der Waals surface area (Å²) in [5.41, 5.74) is 2.03. The number of amides is 1. The Labute approximate surface area is 112 Å². The van der Waals surface area contributed by atoms with Crippen molar-refractivity contribution in [3.8, 4) is 0 Å². The fraction of sp³-hybridized carbons (Fsp3) is 0.333. The van der Waals surface area contributed by atoms with Crippen LogP contribution >= 0.6 is 11.7 Å². The maximum Gasteiger partial charge on any atom is 0.329 e. The number of morpholine rings is 1. The molecule has 1 aromatic heterocycles. The van der Waals surface area contributed by atoms with Crippen LogP contribution in [-0.2, 0) is 9.53 Å². The fourth-order valence-electron chi connectivity index (χ4n) is 2.65. The summed E-state index contributed by atoms with van der Waals surface area (Å²) < 4.78 is 13.3. The van der Waals surface area contributed by atoms with E-state index in [0.717, 1.165) is 17.2 Å². The van der Waals surface area contributed by atoms with Gasteiger partial charge in [0.1, 0.15) is 23.2 Å². The monoisotopic (exact) mass is 275 g/mol. The van der Waals surface area contributed by atoms with E-state index in [9.17, 15) is 9.59 Å². The molecule has 2 fully saturated rings. The topological polar surface area (TPSA) is 72.4 Å². The van der Waals surface area contributed by atoms with Crippen molar-refractivity contribution in [2.24, 2.45) is 0 Å². The summed E-state index contributed by atoms with van der Waals surface area (Å²) >= 11 is 1.12. The summed E-state index contributed by atoms with van der Waals surface area (Å²) in [6.45, 7) is 0.489. The molecule has 1 amide bonds. The Morgan fingerprint density at radius 1 is 1.37 bits per heavy atom. The van der Waals surface area contributed by atoms with Gasteiger partial charge in [-0.2, -0.15) is 8.75 Å². The number of carbonyl (C=O) groups is 2. The van der Waals surface area contributed by atoms with Crippen LogP contribution in [0.15, 0.2) is 18.2 Å². The molecule has 0 aliphatic carbocycles. The number of carbonyl (C=O) groups excluding carboxylic acids is 2. The summed E-state index contributed by atoms with van der Waals surface area (Å²) in [7, 11) is 0. The molecule has 2 atom stereocenters. The van der Waals surface area contributed by atoms with Gasteiger partial charge in [-0.25, -0.2) is 4.79 Å². The molecule has 0 spiro atoms. The molecule has 4 rings (SSSR count). The van der Waals surface area contributed by atoms with Gasteiger partial charge in [-0.3, -0.25) is 4.79 Å². The second-order valence-electron chi connectivity index (χ2n) is 4.74. The number of nitrogens with zero attached hydrogens (tertiary/aromatic N) is 3. The maximum absolute atomic E-state index is 12.4. The van der Waals surface area contributed by atoms with Gasteiger partial charge in [-0.05, 0) is 18.2 Å². The van der Waals surface area contributed by atoms with Crippen molar-refractivity contribution in [1.29, 1.82) is 0 Å². The first-order chi connectivity index (χ1) is 9.22. The van der Waals surface area contributed by atoms with Gasteiger partial charge in [0.05, 0.1) is 18.3 Å². The zero-order valence-electron chi connectivity index (χ0n) is 9.78. The second kappa shape index (κ2) is 3.74. The molecule has 0 saturated carbocycles. The smallest absolute Gasteiger partial charge is 0.329 e. The number of hydrogen-bond donors (Lipinski definition) is 0. The van der Waals surface area contributed by atoms with Gasteiger partial charge in [0.25, 0.3) is 5.91 Å². The van der Waals surface area contributed by atoms with Gasteiger partial charge in [-0.15, -0.1) is 0 Å². The van der Waals surface area contributed by atoms with E-state index < -0.39 is 6.04 Å². The van der Waals surface area contributed by atoms with E-state index >= 15 is 0 Å². The standard InChI is InChI=1S/C12H9N3O3S/c16-11(15-5-7-4-10(15)12(17)18-7)6-1-2-8-9(3-6)14-19-13-8/h1-3,7,10H,4-5H2/t7-,10+/m1/s1. The lowest BCUT2D eigenvalue weighted by Crippen LogP contribution is -2.44. The lowest BCUT2D eigenvalue weighted by molar-refractivity contribution is -0.149. The van der Waals surface area contributed by atoms with Gasteiger partial charge in [0.15, 0.2) is 0 Å². The molecule has 6 nitrogen and oxygen atoms in total. The average molecular weight is 275 g/mol. The lowest BCUT2D eigenvalue weighted by atomic mass is 10.1. The molecule has 2 bridgehead atoms. The van der Waals surface area contributed by atoms with Crippen LogP contribution in [0.3, 0.4) is 0 Å². The van der Waals surface area contributed by atoms with E-state index in [-0.39, 0.29) is 18.0 Å². The van der Waals surface area contributed by atoms with Gasteiger partial charge >= 0.3 is 5.97 Å². The Bertz CT molecular complexity index is 698. The van der Waals surface area contributed by atoms with Crippen molar-refractivity contribution in [2.75, 3.05) is 6.54 Å². The van der Waals surface area contributed by atoms with Crippen molar-refractivity contribution >= 4 is 34.6 Å². The van der Waals surface area contributed by atoms with Crippen molar-refractivity contribution in [2.45, 2.75) is 18.6 Å². The predicted molar refractivity (Wildman–Crippen MR) is 66.7 cm³/mol. The highest BCUT2D eigenvalue weighted by atomic mass is 32.1. The Hall–Kier alpha value is -2.02. The van der Waals surface area contributed by atoms with Crippen LogP contribution in [0.4, 0.5) is 0 Å². The first-order valence-corrected chi connectivity index (χ1v) is 6.69. The minimum atomic E-state index is -0.415. The SMILES string of the molecule is O=C1O[C@@H]2C[C@@H]1N(C(=O)c1ccc3nsnc3c1)C2. The normalized spacial score (nSPS) is 25.1. The number of esters is 1. The number of hydrogen-bond acceptors (Lipinski definition) is 6. The summed E-state index contributed by atoms with van der Waals surface area (Å²) in [6, 6.07) is 4.81. The molecular formula is C12H9N3O3S. The van der Waals surface area contributed by atoms with Crippen molar-refractivity contribution in [3.05, 3.63) is 23.8 Å². The van der Waals surface area contributed by atoms with Crippen LogP contribution in [-0.4, -0.2) is 44.2 Å². The summed E-state index contributed by atoms with van der Waals surface area (Å²) in [5, 5.41) is 0. The highest BCUT2D eigenvalue weighted by Gasteiger charge is 2.48. The molecule has 0 N–H and O–H groups in total. The largest absolute Gasteiger partial charge is 0.459 e. The number of likely N-dealkylation sites (tertiary alicyclic amines) is 1. The Kier molecular flexibility index (Phi) is 2.14. The zero-order valence-corrected chi connectivity index (χ0v) is 10.6. The summed E-state index contributed by atoms with van der Waals surface area (Å²) in [6.07, 6.45) is 0.483. The highest BCUT2D eigenvalue weighted by Crippen LogP contribution is 2.30. The van der Waals surface area contributed by atoms with Gasteiger partial charge in [0, 0.05) is 12.0 Å². The third kappa shape index (κ3) is 1.54. The molecule has 0 radical (unpaired) electrons. The van der Waals surface area contributed by atoms with E-state index in [1.807, 2.05) is 0 Å². The molecule has 2 saturated heterocycles.